The molecule has 2 saturated heterocycles. The summed E-state index contributed by atoms with van der Waals surface area (Å²) >= 11 is 13.0. The summed E-state index contributed by atoms with van der Waals surface area (Å²) in [4.78, 5) is 9.35. The third-order valence-corrected chi connectivity index (χ3v) is 8.87. The van der Waals surface area contributed by atoms with Gasteiger partial charge in [-0.25, -0.2) is 0 Å². The van der Waals surface area contributed by atoms with Gasteiger partial charge in [-0.05, 0) is 104 Å². The number of ether oxygens (including phenoxy) is 1. The van der Waals surface area contributed by atoms with Gasteiger partial charge in [-0.2, -0.15) is 0 Å². The maximum absolute atomic E-state index is 7.03. The summed E-state index contributed by atoms with van der Waals surface area (Å²) in [7, 11) is 1.69. The van der Waals surface area contributed by atoms with Crippen LogP contribution in [0.15, 0.2) is 79.0 Å². The average molecular weight is 586 g/mol. The van der Waals surface area contributed by atoms with E-state index in [1.165, 1.54) is 6.42 Å². The number of hydrogen-bond donors (Lipinski definition) is 1. The highest BCUT2D eigenvalue weighted by Gasteiger charge is 2.42. The fourth-order valence-electron chi connectivity index (χ4n) is 6.57. The molecule has 4 heterocycles. The molecule has 0 saturated carbocycles. The van der Waals surface area contributed by atoms with Crippen LogP contribution in [0.4, 0.5) is 11.4 Å². The number of thiocarbonyl (C=S) groups is 1. The van der Waals surface area contributed by atoms with Crippen LogP contribution in [0.2, 0.25) is 5.02 Å². The van der Waals surface area contributed by atoms with Gasteiger partial charge in [0.15, 0.2) is 5.11 Å². The Morgan fingerprint density at radius 1 is 0.951 bits per heavy atom. The molecule has 0 spiro atoms. The second-order valence-corrected chi connectivity index (χ2v) is 12.2. The quantitative estimate of drug-likeness (QED) is 0.236. The zero-order valence-electron chi connectivity index (χ0n) is 23.9. The molecule has 6 nitrogen and oxygen atoms in total. The highest BCUT2D eigenvalue weighted by molar-refractivity contribution is 7.80. The van der Waals surface area contributed by atoms with Gasteiger partial charge in [0.1, 0.15) is 11.8 Å². The van der Waals surface area contributed by atoms with Gasteiger partial charge < -0.3 is 24.4 Å². The standard InChI is InChI=1S/C33H36ClN5OS/c1-21-17-22(2)20-37(19-21)29-15-11-25(18-27(29)34)39-32(31(36-33(39)41)28-7-5-6-16-35-28)30-14-8-23(3)38(30)24-9-12-26(40-4)13-10-24/h5-16,18,21-22,31-32H,17,19-20H2,1-4H3,(H,36,41)/t21-,22-,31+,32-/m1/s1. The number of rotatable bonds is 6. The van der Waals surface area contributed by atoms with Crippen LogP contribution in [0.3, 0.4) is 0 Å². The zero-order valence-corrected chi connectivity index (χ0v) is 25.5. The van der Waals surface area contributed by atoms with Crippen molar-refractivity contribution in [1.82, 2.24) is 14.9 Å². The molecule has 4 aromatic rings. The van der Waals surface area contributed by atoms with Gasteiger partial charge >= 0.3 is 0 Å². The first-order valence-electron chi connectivity index (χ1n) is 14.2. The molecule has 2 fully saturated rings. The van der Waals surface area contributed by atoms with E-state index in [9.17, 15) is 0 Å². The van der Waals surface area contributed by atoms with E-state index in [4.69, 9.17) is 33.5 Å². The van der Waals surface area contributed by atoms with E-state index >= 15 is 0 Å². The van der Waals surface area contributed by atoms with Crippen molar-refractivity contribution in [2.45, 2.75) is 39.3 Å². The summed E-state index contributed by atoms with van der Waals surface area (Å²) in [5, 5.41) is 4.98. The van der Waals surface area contributed by atoms with Crippen LogP contribution >= 0.6 is 23.8 Å². The first-order valence-corrected chi connectivity index (χ1v) is 15.0. The molecule has 6 rings (SSSR count). The van der Waals surface area contributed by atoms with Crippen molar-refractivity contribution in [3.8, 4) is 11.4 Å². The van der Waals surface area contributed by atoms with E-state index in [2.05, 4.69) is 89.0 Å². The van der Waals surface area contributed by atoms with E-state index in [1.807, 2.05) is 30.5 Å². The van der Waals surface area contributed by atoms with E-state index in [0.29, 0.717) is 16.9 Å². The predicted molar refractivity (Wildman–Crippen MR) is 172 cm³/mol. The Morgan fingerprint density at radius 3 is 2.34 bits per heavy atom. The van der Waals surface area contributed by atoms with Gasteiger partial charge in [0.2, 0.25) is 0 Å². The first-order chi connectivity index (χ1) is 19.8. The largest absolute Gasteiger partial charge is 0.497 e. The Kier molecular flexibility index (Phi) is 7.66. The molecule has 0 radical (unpaired) electrons. The van der Waals surface area contributed by atoms with Crippen LogP contribution < -0.4 is 19.9 Å². The van der Waals surface area contributed by atoms with Crippen molar-refractivity contribution >= 4 is 40.3 Å². The fraction of sp³-hybridized carbons (Fsp3) is 0.333. The molecule has 2 aliphatic rings. The van der Waals surface area contributed by atoms with Crippen LogP contribution in [-0.2, 0) is 0 Å². The topological polar surface area (TPSA) is 45.6 Å². The third kappa shape index (κ3) is 5.29. The molecule has 41 heavy (non-hydrogen) atoms. The number of anilines is 2. The molecule has 1 N–H and O–H groups in total. The Hall–Kier alpha value is -3.55. The second kappa shape index (κ2) is 11.4. The summed E-state index contributed by atoms with van der Waals surface area (Å²) in [6, 6.07) is 24.6. The number of halogens is 1. The smallest absolute Gasteiger partial charge is 0.174 e. The summed E-state index contributed by atoms with van der Waals surface area (Å²) < 4.78 is 7.70. The van der Waals surface area contributed by atoms with Gasteiger partial charge in [-0.15, -0.1) is 0 Å². The summed E-state index contributed by atoms with van der Waals surface area (Å²) in [6.07, 6.45) is 3.09. The highest BCUT2D eigenvalue weighted by Crippen LogP contribution is 2.44. The summed E-state index contributed by atoms with van der Waals surface area (Å²) in [5.41, 5.74) is 6.27. The first kappa shape index (κ1) is 27.6. The lowest BCUT2D eigenvalue weighted by molar-refractivity contribution is 0.357. The molecular formula is C33H36ClN5OS. The fourth-order valence-corrected chi connectivity index (χ4v) is 7.21. The zero-order chi connectivity index (χ0) is 28.7. The van der Waals surface area contributed by atoms with E-state index in [0.717, 1.165) is 58.0 Å². The van der Waals surface area contributed by atoms with Gasteiger partial charge in [0.05, 0.1) is 29.6 Å². The van der Waals surface area contributed by atoms with Crippen molar-refractivity contribution in [3.05, 3.63) is 101 Å². The van der Waals surface area contributed by atoms with Gasteiger partial charge in [0, 0.05) is 42.0 Å². The maximum atomic E-state index is 7.03. The lowest BCUT2D eigenvalue weighted by Gasteiger charge is -2.37. The average Bonchev–Trinajstić information content (AvgIpc) is 3.52. The summed E-state index contributed by atoms with van der Waals surface area (Å²) in [6.45, 7) is 8.81. The normalized spacial score (nSPS) is 22.6. The van der Waals surface area contributed by atoms with Crippen molar-refractivity contribution < 1.29 is 4.74 Å². The Labute approximate surface area is 252 Å². The second-order valence-electron chi connectivity index (χ2n) is 11.4. The molecule has 0 aliphatic carbocycles. The monoisotopic (exact) mass is 585 g/mol. The number of pyridine rings is 1. The minimum Gasteiger partial charge on any atom is -0.497 e. The van der Waals surface area contributed by atoms with Gasteiger partial charge in [-0.1, -0.05) is 31.5 Å². The Morgan fingerprint density at radius 2 is 1.68 bits per heavy atom. The molecule has 4 atom stereocenters. The number of hydrogen-bond acceptors (Lipinski definition) is 4. The predicted octanol–water partition coefficient (Wildman–Crippen LogP) is 7.50. The number of methoxy groups -OCH3 is 1. The summed E-state index contributed by atoms with van der Waals surface area (Å²) in [5.74, 6) is 2.11. The molecule has 212 valence electrons. The molecule has 0 amide bonds. The van der Waals surface area contributed by atoms with Crippen LogP contribution in [0.5, 0.6) is 5.75 Å². The lowest BCUT2D eigenvalue weighted by atomic mass is 9.91. The lowest BCUT2D eigenvalue weighted by Crippen LogP contribution is -2.38. The maximum Gasteiger partial charge on any atom is 0.174 e. The molecule has 8 heteroatoms. The Bertz CT molecular complexity index is 1530. The van der Waals surface area contributed by atoms with Gasteiger partial charge in [0.25, 0.3) is 0 Å². The number of benzene rings is 2. The number of piperidine rings is 1. The molecular weight excluding hydrogens is 550 g/mol. The van der Waals surface area contributed by atoms with Crippen LogP contribution in [0.25, 0.3) is 5.69 Å². The third-order valence-electron chi connectivity index (χ3n) is 8.26. The number of nitrogens with one attached hydrogen (secondary N) is 1. The minimum absolute atomic E-state index is 0.155. The van der Waals surface area contributed by atoms with Crippen LogP contribution in [0.1, 0.15) is 49.4 Å². The number of nitrogens with zero attached hydrogens (tertiary/aromatic N) is 4. The van der Waals surface area contributed by atoms with Crippen LogP contribution in [-0.4, -0.2) is 34.9 Å². The highest BCUT2D eigenvalue weighted by atomic mass is 35.5. The number of aromatic nitrogens is 2. The van der Waals surface area contributed by atoms with Gasteiger partial charge in [-0.3, -0.25) is 4.98 Å². The van der Waals surface area contributed by atoms with Crippen molar-refractivity contribution in [2.24, 2.45) is 11.8 Å². The molecule has 2 aromatic heterocycles. The minimum atomic E-state index is -0.162. The van der Waals surface area contributed by atoms with E-state index in [1.54, 1.807) is 7.11 Å². The van der Waals surface area contributed by atoms with E-state index < -0.39 is 0 Å². The Balaban J connectivity index is 1.44. The van der Waals surface area contributed by atoms with Crippen LogP contribution in [0, 0.1) is 18.8 Å². The number of aryl methyl sites for hydroxylation is 1. The van der Waals surface area contributed by atoms with Crippen molar-refractivity contribution in [2.75, 3.05) is 30.0 Å². The molecule has 2 aliphatic heterocycles. The SMILES string of the molecule is COc1ccc(-n2c(C)ccc2[C@@H]2[C@H](c3ccccn3)NC(=S)N2c2ccc(N3C[C@H](C)C[C@@H](C)C3)c(Cl)c2)cc1. The van der Waals surface area contributed by atoms with E-state index in [-0.39, 0.29) is 12.1 Å². The molecule has 0 bridgehead atoms. The van der Waals surface area contributed by atoms with Crippen molar-refractivity contribution in [3.63, 3.8) is 0 Å². The van der Waals surface area contributed by atoms with Crippen molar-refractivity contribution in [1.29, 1.82) is 0 Å². The molecule has 0 unspecified atom stereocenters. The molecule has 2 aromatic carbocycles.